The van der Waals surface area contributed by atoms with Gasteiger partial charge in [-0.1, -0.05) is 20.3 Å². The number of nitrogens with zero attached hydrogens (tertiary/aromatic N) is 1. The minimum atomic E-state index is -4.26. The highest BCUT2D eigenvalue weighted by Crippen LogP contribution is 2.31. The number of anilines is 1. The molecular weight excluding hydrogens is 251 g/mol. The van der Waals surface area contributed by atoms with Crippen molar-refractivity contribution in [3.8, 4) is 0 Å². The predicted molar refractivity (Wildman–Crippen MR) is 73.5 cm³/mol. The van der Waals surface area contributed by atoms with E-state index in [1.807, 2.05) is 0 Å². The molecule has 0 aliphatic heterocycles. The molecular formula is C15H22F3N. The van der Waals surface area contributed by atoms with E-state index in [1.165, 1.54) is 0 Å². The van der Waals surface area contributed by atoms with Crippen LogP contribution >= 0.6 is 0 Å². The molecule has 108 valence electrons. The molecule has 0 unspecified atom stereocenters. The number of alkyl halides is 3. The summed E-state index contributed by atoms with van der Waals surface area (Å²) in [5, 5.41) is 0. The number of benzene rings is 1. The van der Waals surface area contributed by atoms with Crippen LogP contribution in [0.3, 0.4) is 0 Å². The van der Waals surface area contributed by atoms with E-state index in [2.05, 4.69) is 25.7 Å². The Balaban J connectivity index is 2.90. The SMILES string of the molecule is CCCCN(c1ccc(C(F)(F)F)cc1)[C@@H](C)CC. The predicted octanol–water partition coefficient (Wildman–Crippen LogP) is 5.11. The molecule has 0 aliphatic carbocycles. The van der Waals surface area contributed by atoms with Gasteiger partial charge in [0.05, 0.1) is 5.56 Å². The first-order valence-corrected chi connectivity index (χ1v) is 6.84. The van der Waals surface area contributed by atoms with Crippen molar-refractivity contribution in [2.45, 2.75) is 52.3 Å². The molecule has 0 radical (unpaired) electrons. The molecule has 0 saturated heterocycles. The van der Waals surface area contributed by atoms with E-state index in [0.29, 0.717) is 6.04 Å². The Morgan fingerprint density at radius 3 is 2.11 bits per heavy atom. The molecule has 1 atom stereocenters. The maximum atomic E-state index is 12.5. The van der Waals surface area contributed by atoms with Gasteiger partial charge in [0.2, 0.25) is 0 Å². The fraction of sp³-hybridized carbons (Fsp3) is 0.600. The Bertz CT molecular complexity index is 370. The normalized spacial score (nSPS) is 13.4. The Morgan fingerprint density at radius 1 is 1.11 bits per heavy atom. The number of hydrogen-bond donors (Lipinski definition) is 0. The third-order valence-corrected chi connectivity index (χ3v) is 3.40. The molecule has 0 heterocycles. The molecule has 0 spiro atoms. The van der Waals surface area contributed by atoms with Gasteiger partial charge in [0.15, 0.2) is 0 Å². The van der Waals surface area contributed by atoms with Crippen molar-refractivity contribution >= 4 is 5.69 Å². The van der Waals surface area contributed by atoms with Gasteiger partial charge in [-0.15, -0.1) is 0 Å². The lowest BCUT2D eigenvalue weighted by molar-refractivity contribution is -0.137. The van der Waals surface area contributed by atoms with Crippen LogP contribution in [0.15, 0.2) is 24.3 Å². The smallest absolute Gasteiger partial charge is 0.369 e. The van der Waals surface area contributed by atoms with Gasteiger partial charge >= 0.3 is 6.18 Å². The average molecular weight is 273 g/mol. The van der Waals surface area contributed by atoms with Gasteiger partial charge in [0.25, 0.3) is 0 Å². The zero-order valence-electron chi connectivity index (χ0n) is 11.8. The first-order chi connectivity index (χ1) is 8.90. The lowest BCUT2D eigenvalue weighted by Crippen LogP contribution is -2.33. The largest absolute Gasteiger partial charge is 0.416 e. The van der Waals surface area contributed by atoms with Crippen LogP contribution in [0, 0.1) is 0 Å². The van der Waals surface area contributed by atoms with E-state index in [0.717, 1.165) is 43.6 Å². The molecule has 0 fully saturated rings. The van der Waals surface area contributed by atoms with E-state index < -0.39 is 11.7 Å². The number of rotatable bonds is 6. The van der Waals surface area contributed by atoms with E-state index in [9.17, 15) is 13.2 Å². The van der Waals surface area contributed by atoms with Crippen LogP contribution in [0.5, 0.6) is 0 Å². The van der Waals surface area contributed by atoms with Crippen molar-refractivity contribution in [2.24, 2.45) is 0 Å². The third kappa shape index (κ3) is 4.44. The monoisotopic (exact) mass is 273 g/mol. The Hall–Kier alpha value is -1.19. The quantitative estimate of drug-likeness (QED) is 0.696. The van der Waals surface area contributed by atoms with E-state index >= 15 is 0 Å². The van der Waals surface area contributed by atoms with Gasteiger partial charge < -0.3 is 4.90 Å². The second-order valence-electron chi connectivity index (χ2n) is 4.85. The summed E-state index contributed by atoms with van der Waals surface area (Å²) in [4.78, 5) is 2.18. The van der Waals surface area contributed by atoms with Crippen molar-refractivity contribution in [1.29, 1.82) is 0 Å². The zero-order valence-corrected chi connectivity index (χ0v) is 11.8. The summed E-state index contributed by atoms with van der Waals surface area (Å²) in [5.74, 6) is 0. The molecule has 0 aliphatic rings. The van der Waals surface area contributed by atoms with Crippen molar-refractivity contribution in [3.63, 3.8) is 0 Å². The van der Waals surface area contributed by atoms with Crippen molar-refractivity contribution < 1.29 is 13.2 Å². The van der Waals surface area contributed by atoms with Crippen LogP contribution in [-0.4, -0.2) is 12.6 Å². The summed E-state index contributed by atoms with van der Waals surface area (Å²) in [7, 11) is 0. The maximum absolute atomic E-state index is 12.5. The Kier molecular flexibility index (Phi) is 5.70. The topological polar surface area (TPSA) is 3.24 Å². The van der Waals surface area contributed by atoms with E-state index in [1.54, 1.807) is 12.1 Å². The van der Waals surface area contributed by atoms with Crippen molar-refractivity contribution in [2.75, 3.05) is 11.4 Å². The molecule has 1 aromatic rings. The first-order valence-electron chi connectivity index (χ1n) is 6.84. The maximum Gasteiger partial charge on any atom is 0.416 e. The molecule has 1 aromatic carbocycles. The highest BCUT2D eigenvalue weighted by Gasteiger charge is 2.30. The lowest BCUT2D eigenvalue weighted by atomic mass is 10.1. The standard InChI is InChI=1S/C15H22F3N/c1-4-6-11-19(12(3)5-2)14-9-7-13(8-10-14)15(16,17)18/h7-10,12H,4-6,11H2,1-3H3/t12-/m0/s1. The van der Waals surface area contributed by atoms with Gasteiger partial charge in [-0.3, -0.25) is 0 Å². The number of hydrogen-bond acceptors (Lipinski definition) is 1. The molecule has 1 rings (SSSR count). The summed E-state index contributed by atoms with van der Waals surface area (Å²) in [6.45, 7) is 7.19. The van der Waals surface area contributed by atoms with E-state index in [-0.39, 0.29) is 0 Å². The Morgan fingerprint density at radius 2 is 1.68 bits per heavy atom. The van der Waals surface area contributed by atoms with Crippen molar-refractivity contribution in [3.05, 3.63) is 29.8 Å². The van der Waals surface area contributed by atoms with Crippen molar-refractivity contribution in [1.82, 2.24) is 0 Å². The second kappa shape index (κ2) is 6.83. The van der Waals surface area contributed by atoms with Gasteiger partial charge in [-0.2, -0.15) is 13.2 Å². The minimum absolute atomic E-state index is 0.336. The van der Waals surface area contributed by atoms with Crippen LogP contribution in [0.1, 0.15) is 45.6 Å². The molecule has 0 bridgehead atoms. The highest BCUT2D eigenvalue weighted by atomic mass is 19.4. The molecule has 1 nitrogen and oxygen atoms in total. The molecule has 19 heavy (non-hydrogen) atoms. The lowest BCUT2D eigenvalue weighted by Gasteiger charge is -2.31. The molecule has 0 saturated carbocycles. The molecule has 0 aromatic heterocycles. The third-order valence-electron chi connectivity index (χ3n) is 3.40. The van der Waals surface area contributed by atoms with E-state index in [4.69, 9.17) is 0 Å². The van der Waals surface area contributed by atoms with Gasteiger partial charge in [0, 0.05) is 18.3 Å². The summed E-state index contributed by atoms with van der Waals surface area (Å²) >= 11 is 0. The number of halogens is 3. The fourth-order valence-corrected chi connectivity index (χ4v) is 1.99. The molecule has 4 heteroatoms. The summed E-state index contributed by atoms with van der Waals surface area (Å²) in [6.07, 6.45) is -1.16. The van der Waals surface area contributed by atoms with Gasteiger partial charge in [-0.25, -0.2) is 0 Å². The van der Waals surface area contributed by atoms with Crippen LogP contribution in [0.2, 0.25) is 0 Å². The molecule has 0 amide bonds. The summed E-state index contributed by atoms with van der Waals surface area (Å²) in [5.41, 5.74) is 0.284. The second-order valence-corrected chi connectivity index (χ2v) is 4.85. The zero-order chi connectivity index (χ0) is 14.5. The summed E-state index contributed by atoms with van der Waals surface area (Å²) in [6, 6.07) is 5.81. The average Bonchev–Trinajstić information content (AvgIpc) is 2.38. The highest BCUT2D eigenvalue weighted by molar-refractivity contribution is 5.48. The Labute approximate surface area is 113 Å². The first kappa shape index (κ1) is 15.9. The summed E-state index contributed by atoms with van der Waals surface area (Å²) < 4.78 is 37.6. The van der Waals surface area contributed by atoms with Crippen LogP contribution in [0.4, 0.5) is 18.9 Å². The van der Waals surface area contributed by atoms with Gasteiger partial charge in [0.1, 0.15) is 0 Å². The van der Waals surface area contributed by atoms with Crippen LogP contribution in [-0.2, 0) is 6.18 Å². The van der Waals surface area contributed by atoms with Crippen LogP contribution in [0.25, 0.3) is 0 Å². The van der Waals surface area contributed by atoms with Crippen LogP contribution < -0.4 is 4.90 Å². The number of unbranched alkanes of at least 4 members (excludes halogenated alkanes) is 1. The fourth-order valence-electron chi connectivity index (χ4n) is 1.99. The molecule has 0 N–H and O–H groups in total. The van der Waals surface area contributed by atoms with Gasteiger partial charge in [-0.05, 0) is 44.0 Å². The minimum Gasteiger partial charge on any atom is -0.369 e.